The van der Waals surface area contributed by atoms with Crippen LogP contribution in [0.1, 0.15) is 12.8 Å². The van der Waals surface area contributed by atoms with Gasteiger partial charge >= 0.3 is 0 Å². The Morgan fingerprint density at radius 1 is 1.05 bits per heavy atom. The highest BCUT2D eigenvalue weighted by molar-refractivity contribution is 7.13. The van der Waals surface area contributed by atoms with Crippen molar-refractivity contribution < 1.29 is 9.84 Å². The Hall–Kier alpha value is -2.27. The Labute approximate surface area is 132 Å². The first kappa shape index (κ1) is 14.7. The first-order valence-corrected chi connectivity index (χ1v) is 8.02. The van der Waals surface area contributed by atoms with Crippen LogP contribution in [0.15, 0.2) is 53.3 Å². The van der Waals surface area contributed by atoms with Gasteiger partial charge in [0.15, 0.2) is 0 Å². The summed E-state index contributed by atoms with van der Waals surface area (Å²) < 4.78 is 8.44. The Morgan fingerprint density at radius 3 is 2.59 bits per heavy atom. The summed E-state index contributed by atoms with van der Waals surface area (Å²) in [5, 5.41) is 9.99. The largest absolute Gasteiger partial charge is 0.508 e. The minimum atomic E-state index is 0.0973. The van der Waals surface area contributed by atoms with Crippen LogP contribution in [0.2, 0.25) is 0 Å². The van der Waals surface area contributed by atoms with Gasteiger partial charge < -0.3 is 9.84 Å². The lowest BCUT2D eigenvalue weighted by molar-refractivity contribution is 0.303. The number of nitrogens with zero attached hydrogens (tertiary/aromatic N) is 1. The van der Waals surface area contributed by atoms with E-state index in [1.54, 1.807) is 24.3 Å². The normalized spacial score (nSPS) is 10.9. The van der Waals surface area contributed by atoms with Gasteiger partial charge in [0, 0.05) is 6.54 Å². The fraction of sp³-hybridized carbons (Fsp3) is 0.235. The van der Waals surface area contributed by atoms with Crippen LogP contribution in [0.3, 0.4) is 0 Å². The predicted octanol–water partition coefficient (Wildman–Crippen LogP) is 3.63. The monoisotopic (exact) mass is 315 g/mol. The molecule has 0 bridgehead atoms. The third-order valence-electron chi connectivity index (χ3n) is 3.41. The molecule has 0 atom stereocenters. The Bertz CT molecular complexity index is 805. The van der Waals surface area contributed by atoms with E-state index in [-0.39, 0.29) is 11.3 Å². The van der Waals surface area contributed by atoms with E-state index in [1.807, 2.05) is 28.2 Å². The maximum absolute atomic E-state index is 12.2. The molecule has 0 spiro atoms. The third-order valence-corrected chi connectivity index (χ3v) is 4.53. The van der Waals surface area contributed by atoms with Gasteiger partial charge in [0.2, 0.25) is 0 Å². The number of rotatable bonds is 6. The number of aromatic nitrogens is 1. The van der Waals surface area contributed by atoms with E-state index >= 15 is 0 Å². The predicted molar refractivity (Wildman–Crippen MR) is 88.9 cm³/mol. The molecule has 1 heterocycles. The molecule has 1 N–H and O–H groups in total. The number of aromatic hydroxyl groups is 1. The molecule has 0 saturated carbocycles. The fourth-order valence-corrected chi connectivity index (χ4v) is 3.29. The summed E-state index contributed by atoms with van der Waals surface area (Å²) in [5.41, 5.74) is 0.0973. The number of phenolic OH excluding ortho intramolecular Hbond substituents is 1. The number of hydrogen-bond acceptors (Lipinski definition) is 4. The van der Waals surface area contributed by atoms with Gasteiger partial charge in [-0.05, 0) is 49.2 Å². The Morgan fingerprint density at radius 2 is 1.82 bits per heavy atom. The fourth-order valence-electron chi connectivity index (χ4n) is 2.25. The minimum absolute atomic E-state index is 0.0973. The number of aryl methyl sites for hydroxylation is 1. The van der Waals surface area contributed by atoms with Crippen molar-refractivity contribution in [3.63, 3.8) is 0 Å². The standard InChI is InChI=1S/C17H17NO3S/c19-13-7-9-14(10-8-13)21-12-4-3-11-18-17(20)15-5-1-2-6-16(15)22-18/h1-2,5-10,19H,3-4,11-12H2. The van der Waals surface area contributed by atoms with Gasteiger partial charge in [0.1, 0.15) is 11.5 Å². The summed E-state index contributed by atoms with van der Waals surface area (Å²) in [7, 11) is 0. The van der Waals surface area contributed by atoms with Gasteiger partial charge in [-0.25, -0.2) is 0 Å². The van der Waals surface area contributed by atoms with E-state index in [0.29, 0.717) is 6.61 Å². The summed E-state index contributed by atoms with van der Waals surface area (Å²) in [4.78, 5) is 12.2. The van der Waals surface area contributed by atoms with Crippen molar-refractivity contribution >= 4 is 21.6 Å². The molecule has 1 aromatic heterocycles. The first-order chi connectivity index (χ1) is 10.7. The van der Waals surface area contributed by atoms with Crippen LogP contribution < -0.4 is 10.3 Å². The van der Waals surface area contributed by atoms with Gasteiger partial charge in [-0.2, -0.15) is 0 Å². The highest BCUT2D eigenvalue weighted by Crippen LogP contribution is 2.17. The maximum atomic E-state index is 12.2. The maximum Gasteiger partial charge on any atom is 0.268 e. The van der Waals surface area contributed by atoms with Crippen molar-refractivity contribution in [2.24, 2.45) is 0 Å². The molecular formula is C17H17NO3S. The molecule has 5 heteroatoms. The molecule has 0 unspecified atom stereocenters. The van der Waals surface area contributed by atoms with E-state index in [0.717, 1.165) is 35.2 Å². The van der Waals surface area contributed by atoms with Crippen molar-refractivity contribution in [1.29, 1.82) is 0 Å². The van der Waals surface area contributed by atoms with Crippen molar-refractivity contribution in [3.8, 4) is 11.5 Å². The van der Waals surface area contributed by atoms with Crippen LogP contribution in [-0.2, 0) is 6.54 Å². The lowest BCUT2D eigenvalue weighted by Gasteiger charge is -2.06. The zero-order chi connectivity index (χ0) is 15.4. The van der Waals surface area contributed by atoms with Crippen LogP contribution in [0.25, 0.3) is 10.1 Å². The van der Waals surface area contributed by atoms with Crippen molar-refractivity contribution in [3.05, 3.63) is 58.9 Å². The Kier molecular flexibility index (Phi) is 4.44. The topological polar surface area (TPSA) is 51.5 Å². The van der Waals surface area contributed by atoms with E-state index in [2.05, 4.69) is 0 Å². The molecule has 0 aliphatic heterocycles. The Balaban J connectivity index is 1.49. The lowest BCUT2D eigenvalue weighted by Crippen LogP contribution is -2.13. The van der Waals surface area contributed by atoms with Gasteiger partial charge in [-0.3, -0.25) is 8.75 Å². The van der Waals surface area contributed by atoms with Crippen LogP contribution >= 0.6 is 11.5 Å². The molecule has 3 rings (SSSR count). The number of fused-ring (bicyclic) bond motifs is 1. The molecular weight excluding hydrogens is 298 g/mol. The molecule has 0 aliphatic rings. The molecule has 0 radical (unpaired) electrons. The van der Waals surface area contributed by atoms with Gasteiger partial charge in [0.05, 0.1) is 16.7 Å². The number of ether oxygens (including phenoxy) is 1. The highest BCUT2D eigenvalue weighted by atomic mass is 32.1. The van der Waals surface area contributed by atoms with Crippen molar-refractivity contribution in [1.82, 2.24) is 3.96 Å². The van der Waals surface area contributed by atoms with E-state index in [9.17, 15) is 9.90 Å². The summed E-state index contributed by atoms with van der Waals surface area (Å²) in [5.74, 6) is 0.980. The van der Waals surface area contributed by atoms with Gasteiger partial charge in [-0.15, -0.1) is 0 Å². The molecule has 2 aromatic carbocycles. The molecule has 0 saturated heterocycles. The quantitative estimate of drug-likeness (QED) is 0.707. The van der Waals surface area contributed by atoms with Gasteiger partial charge in [0.25, 0.3) is 5.56 Å². The van der Waals surface area contributed by atoms with Crippen molar-refractivity contribution in [2.45, 2.75) is 19.4 Å². The zero-order valence-electron chi connectivity index (χ0n) is 12.1. The van der Waals surface area contributed by atoms with Gasteiger partial charge in [-0.1, -0.05) is 23.7 Å². The SMILES string of the molecule is O=c1c2ccccc2sn1CCCCOc1ccc(O)cc1. The number of unbranched alkanes of at least 4 members (excludes halogenated alkanes) is 1. The second-order valence-corrected chi connectivity index (χ2v) is 6.11. The number of phenols is 1. The molecule has 22 heavy (non-hydrogen) atoms. The average molecular weight is 315 g/mol. The summed E-state index contributed by atoms with van der Waals surface area (Å²) in [6.45, 7) is 1.32. The zero-order valence-corrected chi connectivity index (χ0v) is 12.9. The van der Waals surface area contributed by atoms with Crippen LogP contribution in [-0.4, -0.2) is 15.7 Å². The lowest BCUT2D eigenvalue weighted by atomic mass is 10.3. The van der Waals surface area contributed by atoms with E-state index in [4.69, 9.17) is 4.74 Å². The summed E-state index contributed by atoms with van der Waals surface area (Å²) in [6.07, 6.45) is 1.77. The van der Waals surface area contributed by atoms with Crippen LogP contribution in [0, 0.1) is 0 Å². The molecule has 4 nitrogen and oxygen atoms in total. The third kappa shape index (κ3) is 3.31. The molecule has 3 aromatic rings. The molecule has 114 valence electrons. The highest BCUT2D eigenvalue weighted by Gasteiger charge is 2.06. The smallest absolute Gasteiger partial charge is 0.268 e. The second kappa shape index (κ2) is 6.66. The summed E-state index contributed by atoms with van der Waals surface area (Å²) in [6, 6.07) is 14.4. The minimum Gasteiger partial charge on any atom is -0.508 e. The first-order valence-electron chi connectivity index (χ1n) is 7.25. The molecule has 0 amide bonds. The van der Waals surface area contributed by atoms with Crippen LogP contribution in [0.4, 0.5) is 0 Å². The number of benzene rings is 2. The van der Waals surface area contributed by atoms with E-state index in [1.165, 1.54) is 11.5 Å². The van der Waals surface area contributed by atoms with Crippen LogP contribution in [0.5, 0.6) is 11.5 Å². The van der Waals surface area contributed by atoms with Crippen molar-refractivity contribution in [2.75, 3.05) is 6.61 Å². The number of hydrogen-bond donors (Lipinski definition) is 1. The summed E-state index contributed by atoms with van der Waals surface area (Å²) >= 11 is 1.52. The molecule has 0 fully saturated rings. The average Bonchev–Trinajstić information content (AvgIpc) is 2.86. The second-order valence-electron chi connectivity index (χ2n) is 5.04. The molecule has 0 aliphatic carbocycles. The van der Waals surface area contributed by atoms with E-state index < -0.39 is 0 Å².